The summed E-state index contributed by atoms with van der Waals surface area (Å²) in [6, 6.07) is 2.41. The number of hydrogen-bond donors (Lipinski definition) is 2. The van der Waals surface area contributed by atoms with E-state index in [-0.39, 0.29) is 64.9 Å². The lowest BCUT2D eigenvalue weighted by molar-refractivity contribution is -0.116. The van der Waals surface area contributed by atoms with Gasteiger partial charge in [-0.1, -0.05) is 6.08 Å². The van der Waals surface area contributed by atoms with Gasteiger partial charge in [-0.3, -0.25) is 14.4 Å². The Morgan fingerprint density at radius 1 is 1.12 bits per heavy atom. The summed E-state index contributed by atoms with van der Waals surface area (Å²) in [6.45, 7) is 2.51. The van der Waals surface area contributed by atoms with E-state index in [4.69, 9.17) is 14.8 Å². The number of hydrogen-bond acceptors (Lipinski definition) is 9. The number of rotatable bonds is 6. The fraction of sp³-hybridized carbons (Fsp3) is 0.486. The normalized spacial score (nSPS) is 27.1. The summed E-state index contributed by atoms with van der Waals surface area (Å²) in [5, 5.41) is 17.8. The van der Waals surface area contributed by atoms with Gasteiger partial charge in [-0.15, -0.1) is 5.10 Å². The molecule has 0 unspecified atom stereocenters. The third-order valence-electron chi connectivity index (χ3n) is 12.5. The first-order valence-electron chi connectivity index (χ1n) is 18.1. The van der Waals surface area contributed by atoms with Crippen LogP contribution in [0.5, 0.6) is 5.75 Å². The van der Waals surface area contributed by atoms with Crippen molar-refractivity contribution in [2.75, 3.05) is 25.1 Å². The molecule has 5 atom stereocenters. The zero-order chi connectivity index (χ0) is 35.6. The molecule has 1 saturated heterocycles. The van der Waals surface area contributed by atoms with Crippen LogP contribution in [0, 0.1) is 30.4 Å². The summed E-state index contributed by atoms with van der Waals surface area (Å²) < 4.78 is 38.8. The molecule has 13 nitrogen and oxygen atoms in total. The summed E-state index contributed by atoms with van der Waals surface area (Å²) >= 11 is 0. The Balaban J connectivity index is 1.06. The molecule has 268 valence electrons. The molecule has 0 bridgehead atoms. The molecule has 2 N–H and O–H groups in total. The van der Waals surface area contributed by atoms with E-state index in [1.54, 1.807) is 16.4 Å². The molecule has 1 aromatic carbocycles. The van der Waals surface area contributed by atoms with Crippen LogP contribution in [-0.2, 0) is 21.5 Å². The van der Waals surface area contributed by atoms with E-state index in [2.05, 4.69) is 15.3 Å². The van der Waals surface area contributed by atoms with Crippen molar-refractivity contribution >= 4 is 28.9 Å². The first kappa shape index (κ1) is 31.7. The number of likely N-dealkylation sites (tertiary alicyclic amines) is 1. The Labute approximate surface area is 295 Å². The van der Waals surface area contributed by atoms with Crippen molar-refractivity contribution in [3.63, 3.8) is 0 Å². The van der Waals surface area contributed by atoms with Crippen LogP contribution in [0.25, 0.3) is 11.4 Å². The number of amides is 2. The van der Waals surface area contributed by atoms with E-state index < -0.39 is 28.6 Å². The highest BCUT2D eigenvalue weighted by Crippen LogP contribution is 2.72. The molecule has 4 fully saturated rings. The van der Waals surface area contributed by atoms with Gasteiger partial charge in [-0.25, -0.2) is 18.7 Å². The minimum Gasteiger partial charge on any atom is -0.504 e. The SMILES string of the molecule is Cc1ncnc(C(=O)N2CC[C@]3(c4c(n(CC(=O)Nc5c(F)cc(C6CC6)cc5F)c5nc(C6=CCOCC6)nn5c4=O)[C@H]4C[C@H]43)[C@@H]3CC[C@@H]32)c1O. The number of piperidine rings is 1. The molecule has 2 aliphatic heterocycles. The standard InChI is InChI=1S/C37H36F2N8O5/c1-17-32(49)30(41-16-40-17)35(51)45-9-8-37(22-4-5-26(22)45)23-14-21(23)31-28(37)34(50)47-36(43-33(44-47)19-6-10-52-11-7-19)46(31)15-27(48)42-29-24(38)12-20(13-25(29)39)18-2-3-18/h6,12-13,16,18,21-23,26,49H,2-5,7-11,14-15H2,1H3,(H,42,48)/t21-,22+,23+,26-,37-/m0/s1. The Hall–Kier alpha value is -5.05. The Morgan fingerprint density at radius 2 is 1.92 bits per heavy atom. The largest absolute Gasteiger partial charge is 0.504 e. The number of carbonyl (C=O) groups is 2. The van der Waals surface area contributed by atoms with Gasteiger partial charge >= 0.3 is 0 Å². The predicted molar refractivity (Wildman–Crippen MR) is 181 cm³/mol. The number of halogens is 2. The number of benzene rings is 1. The lowest BCUT2D eigenvalue weighted by Gasteiger charge is -2.58. The van der Waals surface area contributed by atoms with Crippen LogP contribution >= 0.6 is 0 Å². The lowest BCUT2D eigenvalue weighted by Crippen LogP contribution is -2.64. The predicted octanol–water partition coefficient (Wildman–Crippen LogP) is 3.97. The summed E-state index contributed by atoms with van der Waals surface area (Å²) in [7, 11) is 0. The quantitative estimate of drug-likeness (QED) is 0.302. The number of anilines is 1. The average Bonchev–Trinajstić information content (AvgIpc) is 4.05. The van der Waals surface area contributed by atoms with Crippen molar-refractivity contribution < 1.29 is 28.2 Å². The minimum atomic E-state index is -0.828. The number of aromatic nitrogens is 6. The maximum Gasteiger partial charge on any atom is 0.279 e. The zero-order valence-corrected chi connectivity index (χ0v) is 28.4. The van der Waals surface area contributed by atoms with Crippen molar-refractivity contribution in [1.29, 1.82) is 0 Å². The van der Waals surface area contributed by atoms with Gasteiger partial charge in [0, 0.05) is 35.2 Å². The fourth-order valence-corrected chi connectivity index (χ4v) is 9.75. The highest BCUT2D eigenvalue weighted by atomic mass is 19.1. The smallest absolute Gasteiger partial charge is 0.279 e. The van der Waals surface area contributed by atoms with Gasteiger partial charge in [0.1, 0.15) is 30.2 Å². The van der Waals surface area contributed by atoms with Crippen LogP contribution in [0.1, 0.15) is 95.6 Å². The number of nitrogens with one attached hydrogen (secondary N) is 1. The molecule has 4 aliphatic carbocycles. The van der Waals surface area contributed by atoms with Gasteiger partial charge in [0.2, 0.25) is 11.7 Å². The molecular formula is C37H36F2N8O5. The molecule has 0 radical (unpaired) electrons. The van der Waals surface area contributed by atoms with E-state index in [1.807, 2.05) is 6.08 Å². The summed E-state index contributed by atoms with van der Waals surface area (Å²) in [5.74, 6) is -2.13. The monoisotopic (exact) mass is 710 g/mol. The van der Waals surface area contributed by atoms with E-state index in [0.29, 0.717) is 55.2 Å². The number of aryl methyl sites for hydroxylation is 1. The molecule has 15 heteroatoms. The van der Waals surface area contributed by atoms with E-state index >= 15 is 8.78 Å². The third kappa shape index (κ3) is 4.50. The zero-order valence-electron chi connectivity index (χ0n) is 28.4. The molecule has 3 saturated carbocycles. The van der Waals surface area contributed by atoms with Crippen LogP contribution < -0.4 is 10.9 Å². The van der Waals surface area contributed by atoms with E-state index in [1.165, 1.54) is 23.0 Å². The Morgan fingerprint density at radius 3 is 2.63 bits per heavy atom. The maximum atomic E-state index is 15.2. The van der Waals surface area contributed by atoms with Crippen LogP contribution in [-0.4, -0.2) is 76.8 Å². The third-order valence-corrected chi connectivity index (χ3v) is 12.5. The number of fused-ring (bicyclic) bond motifs is 8. The highest BCUT2D eigenvalue weighted by molar-refractivity contribution is 5.95. The van der Waals surface area contributed by atoms with Crippen molar-refractivity contribution in [3.05, 3.63) is 80.6 Å². The van der Waals surface area contributed by atoms with Crippen LogP contribution in [0.3, 0.4) is 0 Å². The second kappa shape index (κ2) is 11.2. The first-order chi connectivity index (χ1) is 25.2. The van der Waals surface area contributed by atoms with Gasteiger partial charge in [-0.2, -0.15) is 9.50 Å². The topological polar surface area (TPSA) is 157 Å². The van der Waals surface area contributed by atoms with Gasteiger partial charge in [0.15, 0.2) is 17.3 Å². The molecular weight excluding hydrogens is 674 g/mol. The number of aromatic hydroxyl groups is 1. The second-order valence-electron chi connectivity index (χ2n) is 15.2. The summed E-state index contributed by atoms with van der Waals surface area (Å²) in [6.07, 6.45) is 8.34. The molecule has 5 heterocycles. The number of carbonyl (C=O) groups excluding carboxylic acids is 2. The summed E-state index contributed by atoms with van der Waals surface area (Å²) in [4.78, 5) is 57.0. The Kier molecular flexibility index (Phi) is 6.84. The summed E-state index contributed by atoms with van der Waals surface area (Å²) in [5.41, 5.74) is 1.67. The van der Waals surface area contributed by atoms with E-state index in [0.717, 1.165) is 43.4 Å². The fourth-order valence-electron chi connectivity index (χ4n) is 9.75. The van der Waals surface area contributed by atoms with Gasteiger partial charge in [0.05, 0.1) is 18.9 Å². The molecule has 52 heavy (non-hydrogen) atoms. The molecule has 10 rings (SSSR count). The molecule has 2 amide bonds. The van der Waals surface area contributed by atoms with Crippen molar-refractivity contribution in [2.45, 2.75) is 81.7 Å². The lowest BCUT2D eigenvalue weighted by atomic mass is 9.54. The maximum absolute atomic E-state index is 15.2. The molecule has 1 spiro atoms. The van der Waals surface area contributed by atoms with Crippen LogP contribution in [0.15, 0.2) is 29.3 Å². The average molecular weight is 711 g/mol. The Bertz CT molecular complexity index is 2310. The minimum absolute atomic E-state index is 0.0219. The van der Waals surface area contributed by atoms with Crippen molar-refractivity contribution in [2.24, 2.45) is 11.8 Å². The van der Waals surface area contributed by atoms with Crippen LogP contribution in [0.4, 0.5) is 14.5 Å². The molecule has 4 aromatic rings. The first-order valence-corrected chi connectivity index (χ1v) is 18.1. The van der Waals surface area contributed by atoms with E-state index in [9.17, 15) is 19.5 Å². The highest BCUT2D eigenvalue weighted by Gasteiger charge is 2.70. The van der Waals surface area contributed by atoms with Gasteiger partial charge in [0.25, 0.3) is 11.5 Å². The molecule has 3 aromatic heterocycles. The van der Waals surface area contributed by atoms with Gasteiger partial charge < -0.3 is 24.6 Å². The van der Waals surface area contributed by atoms with Crippen molar-refractivity contribution in [1.82, 2.24) is 34.0 Å². The number of nitrogens with zero attached hydrogens (tertiary/aromatic N) is 7. The number of ether oxygens (including phenoxy) is 1. The van der Waals surface area contributed by atoms with Crippen molar-refractivity contribution in [3.8, 4) is 5.75 Å². The van der Waals surface area contributed by atoms with Gasteiger partial charge in [-0.05, 0) is 92.9 Å². The second-order valence-corrected chi connectivity index (χ2v) is 15.2. The molecule has 6 aliphatic rings. The van der Waals surface area contributed by atoms with Crippen LogP contribution in [0.2, 0.25) is 0 Å².